The number of rotatable bonds is 2. The molecule has 0 aromatic heterocycles. The van der Waals surface area contributed by atoms with Gasteiger partial charge in [-0.05, 0) is 12.8 Å². The molecular formula is C7H11IN2O2. The van der Waals surface area contributed by atoms with Gasteiger partial charge in [0.05, 0.1) is 4.43 Å². The van der Waals surface area contributed by atoms with E-state index in [-0.39, 0.29) is 17.9 Å². The Labute approximate surface area is 84.6 Å². The van der Waals surface area contributed by atoms with Gasteiger partial charge in [-0.25, -0.2) is 0 Å². The maximum absolute atomic E-state index is 11.2. The van der Waals surface area contributed by atoms with Crippen molar-refractivity contribution in [3.63, 3.8) is 0 Å². The lowest BCUT2D eigenvalue weighted by Crippen LogP contribution is -2.44. The van der Waals surface area contributed by atoms with Gasteiger partial charge in [-0.3, -0.25) is 9.59 Å². The van der Waals surface area contributed by atoms with E-state index in [9.17, 15) is 9.59 Å². The zero-order valence-corrected chi connectivity index (χ0v) is 8.78. The number of carbonyl (C=O) groups is 2. The van der Waals surface area contributed by atoms with Crippen LogP contribution in [0.25, 0.3) is 0 Å². The van der Waals surface area contributed by atoms with Gasteiger partial charge in [0, 0.05) is 6.54 Å². The molecular weight excluding hydrogens is 271 g/mol. The van der Waals surface area contributed by atoms with Gasteiger partial charge in [-0.2, -0.15) is 0 Å². The molecule has 0 aromatic carbocycles. The number of alkyl halides is 1. The van der Waals surface area contributed by atoms with Crippen LogP contribution < -0.4 is 5.73 Å². The van der Waals surface area contributed by atoms with E-state index in [0.29, 0.717) is 11.0 Å². The van der Waals surface area contributed by atoms with E-state index in [0.717, 1.165) is 12.8 Å². The molecule has 0 unspecified atom stereocenters. The van der Waals surface area contributed by atoms with Crippen molar-refractivity contribution in [3.05, 3.63) is 0 Å². The fourth-order valence-corrected chi connectivity index (χ4v) is 1.88. The monoisotopic (exact) mass is 282 g/mol. The van der Waals surface area contributed by atoms with Crippen LogP contribution in [0.5, 0.6) is 0 Å². The maximum Gasteiger partial charge on any atom is 0.240 e. The lowest BCUT2D eigenvalue weighted by molar-refractivity contribution is -0.135. The number of hydrogen-bond donors (Lipinski definition) is 1. The third kappa shape index (κ3) is 1.88. The van der Waals surface area contributed by atoms with E-state index in [2.05, 4.69) is 0 Å². The minimum absolute atomic E-state index is 0.0110. The van der Waals surface area contributed by atoms with Crippen LogP contribution in [0.4, 0.5) is 0 Å². The zero-order chi connectivity index (χ0) is 9.14. The molecule has 2 N–H and O–H groups in total. The van der Waals surface area contributed by atoms with Gasteiger partial charge in [0.1, 0.15) is 6.04 Å². The van der Waals surface area contributed by atoms with Gasteiger partial charge in [0.2, 0.25) is 11.8 Å². The average Bonchev–Trinajstić information content (AvgIpc) is 2.50. The van der Waals surface area contributed by atoms with E-state index in [1.165, 1.54) is 0 Å². The molecule has 5 heteroatoms. The summed E-state index contributed by atoms with van der Waals surface area (Å²) in [7, 11) is 0. The molecule has 0 bridgehead atoms. The van der Waals surface area contributed by atoms with Gasteiger partial charge in [0.15, 0.2) is 0 Å². The minimum atomic E-state index is -0.384. The molecule has 0 saturated carbocycles. The van der Waals surface area contributed by atoms with Crippen LogP contribution in [0.15, 0.2) is 0 Å². The summed E-state index contributed by atoms with van der Waals surface area (Å²) >= 11 is 1.99. The maximum atomic E-state index is 11.2. The van der Waals surface area contributed by atoms with Crippen molar-refractivity contribution in [1.82, 2.24) is 4.90 Å². The molecule has 0 aromatic rings. The molecule has 1 rings (SSSR count). The standard InChI is InChI=1S/C7H11IN2O2/c8-4-6(11)10-3-1-2-5(10)7(9)12/h5H,1-4H2,(H2,9,12)/t5-/m0/s1. The second-order valence-electron chi connectivity index (χ2n) is 2.78. The molecule has 0 spiro atoms. The Bertz CT molecular complexity index is 208. The first-order valence-electron chi connectivity index (χ1n) is 3.81. The topological polar surface area (TPSA) is 63.4 Å². The quantitative estimate of drug-likeness (QED) is 0.567. The lowest BCUT2D eigenvalue weighted by atomic mass is 10.2. The van der Waals surface area contributed by atoms with Crippen molar-refractivity contribution in [2.45, 2.75) is 18.9 Å². The van der Waals surface area contributed by atoms with Crippen molar-refractivity contribution < 1.29 is 9.59 Å². The van der Waals surface area contributed by atoms with Crippen LogP contribution in [0.3, 0.4) is 0 Å². The first kappa shape index (κ1) is 9.76. The number of nitrogens with two attached hydrogens (primary N) is 1. The molecule has 4 nitrogen and oxygen atoms in total. The molecule has 0 radical (unpaired) electrons. The van der Waals surface area contributed by atoms with Crippen molar-refractivity contribution in [3.8, 4) is 0 Å². The molecule has 1 atom stereocenters. The molecule has 12 heavy (non-hydrogen) atoms. The highest BCUT2D eigenvalue weighted by Crippen LogP contribution is 2.17. The van der Waals surface area contributed by atoms with Crippen LogP contribution in [0, 0.1) is 0 Å². The van der Waals surface area contributed by atoms with E-state index in [4.69, 9.17) is 5.73 Å². The third-order valence-corrected chi connectivity index (χ3v) is 2.67. The lowest BCUT2D eigenvalue weighted by Gasteiger charge is -2.20. The summed E-state index contributed by atoms with van der Waals surface area (Å²) in [5.74, 6) is -0.373. The minimum Gasteiger partial charge on any atom is -0.368 e. The summed E-state index contributed by atoms with van der Waals surface area (Å²) in [5, 5.41) is 0. The van der Waals surface area contributed by atoms with Gasteiger partial charge in [0.25, 0.3) is 0 Å². The Morgan fingerprint density at radius 1 is 1.58 bits per heavy atom. The number of amides is 2. The van der Waals surface area contributed by atoms with E-state index >= 15 is 0 Å². The van der Waals surface area contributed by atoms with E-state index in [1.807, 2.05) is 22.6 Å². The average molecular weight is 282 g/mol. The van der Waals surface area contributed by atoms with Gasteiger partial charge in [-0.1, -0.05) is 22.6 Å². The Balaban J connectivity index is 2.63. The Kier molecular flexibility index (Phi) is 3.30. The second kappa shape index (κ2) is 4.06. The third-order valence-electron chi connectivity index (χ3n) is 2.02. The first-order chi connectivity index (χ1) is 5.66. The van der Waals surface area contributed by atoms with Crippen LogP contribution in [0.1, 0.15) is 12.8 Å². The molecule has 2 amide bonds. The number of nitrogens with zero attached hydrogens (tertiary/aromatic N) is 1. The van der Waals surface area contributed by atoms with Crippen LogP contribution in [-0.4, -0.2) is 33.7 Å². The Morgan fingerprint density at radius 2 is 2.25 bits per heavy atom. The molecule has 68 valence electrons. The van der Waals surface area contributed by atoms with Crippen molar-refractivity contribution in [2.75, 3.05) is 11.0 Å². The number of halogens is 1. The summed E-state index contributed by atoms with van der Waals surface area (Å²) in [4.78, 5) is 23.7. The largest absolute Gasteiger partial charge is 0.368 e. The van der Waals surface area contributed by atoms with Gasteiger partial charge >= 0.3 is 0 Å². The zero-order valence-electron chi connectivity index (χ0n) is 6.62. The molecule has 1 aliphatic heterocycles. The molecule has 1 aliphatic rings. The highest BCUT2D eigenvalue weighted by molar-refractivity contribution is 14.1. The fraction of sp³-hybridized carbons (Fsp3) is 0.714. The van der Waals surface area contributed by atoms with Crippen LogP contribution >= 0.6 is 22.6 Å². The number of likely N-dealkylation sites (tertiary alicyclic amines) is 1. The van der Waals surface area contributed by atoms with E-state index < -0.39 is 0 Å². The second-order valence-corrected chi connectivity index (χ2v) is 3.54. The summed E-state index contributed by atoms with van der Waals surface area (Å²) in [5.41, 5.74) is 5.15. The smallest absolute Gasteiger partial charge is 0.240 e. The first-order valence-corrected chi connectivity index (χ1v) is 5.34. The Morgan fingerprint density at radius 3 is 2.75 bits per heavy atom. The van der Waals surface area contributed by atoms with E-state index in [1.54, 1.807) is 4.90 Å². The van der Waals surface area contributed by atoms with Crippen molar-refractivity contribution >= 4 is 34.4 Å². The van der Waals surface area contributed by atoms with Crippen LogP contribution in [0.2, 0.25) is 0 Å². The molecule has 1 heterocycles. The van der Waals surface area contributed by atoms with Crippen molar-refractivity contribution in [2.24, 2.45) is 5.73 Å². The SMILES string of the molecule is NC(=O)[C@@H]1CCCN1C(=O)CI. The number of hydrogen-bond acceptors (Lipinski definition) is 2. The van der Waals surface area contributed by atoms with Gasteiger partial charge < -0.3 is 10.6 Å². The molecule has 0 aliphatic carbocycles. The summed E-state index contributed by atoms with van der Waals surface area (Å²) in [6.07, 6.45) is 1.60. The highest BCUT2D eigenvalue weighted by atomic mass is 127. The predicted octanol–water partition coefficient (Wildman–Crippen LogP) is -0.102. The predicted molar refractivity (Wildman–Crippen MR) is 52.8 cm³/mol. The van der Waals surface area contributed by atoms with Gasteiger partial charge in [-0.15, -0.1) is 0 Å². The highest BCUT2D eigenvalue weighted by Gasteiger charge is 2.31. The fourth-order valence-electron chi connectivity index (χ4n) is 1.44. The number of primary amides is 1. The van der Waals surface area contributed by atoms with Crippen LogP contribution in [-0.2, 0) is 9.59 Å². The molecule has 1 saturated heterocycles. The Hall–Kier alpha value is -0.330. The normalized spacial score (nSPS) is 22.8. The summed E-state index contributed by atoms with van der Waals surface area (Å²) in [6, 6.07) is -0.354. The summed E-state index contributed by atoms with van der Waals surface area (Å²) < 4.78 is 0.418. The summed E-state index contributed by atoms with van der Waals surface area (Å²) in [6.45, 7) is 0.676. The molecule has 1 fully saturated rings. The van der Waals surface area contributed by atoms with Crippen molar-refractivity contribution in [1.29, 1.82) is 0 Å². The number of carbonyl (C=O) groups excluding carboxylic acids is 2.